The number of carbonyl (C=O) groups is 1. The van der Waals surface area contributed by atoms with E-state index in [1.165, 1.54) is 6.42 Å². The number of carbonyl (C=O) groups excluding carboxylic acids is 1. The van der Waals surface area contributed by atoms with Crippen molar-refractivity contribution in [2.24, 2.45) is 11.7 Å². The van der Waals surface area contributed by atoms with Crippen molar-refractivity contribution in [3.05, 3.63) is 0 Å². The van der Waals surface area contributed by atoms with E-state index in [0.29, 0.717) is 37.0 Å². The summed E-state index contributed by atoms with van der Waals surface area (Å²) in [4.78, 5) is 14.5. The van der Waals surface area contributed by atoms with E-state index in [4.69, 9.17) is 10.5 Å². The standard InChI is InChI=1S/C15H28N2O2/c1-2-12(8-9-16)6-7-15(18)17-10-11-19-14-5-3-4-13(14)17/h12-14H,2-11,16H2,1H3. The van der Waals surface area contributed by atoms with E-state index in [-0.39, 0.29) is 0 Å². The first-order valence-electron chi connectivity index (χ1n) is 7.87. The highest BCUT2D eigenvalue weighted by molar-refractivity contribution is 5.76. The molecular weight excluding hydrogens is 240 g/mol. The van der Waals surface area contributed by atoms with Crippen molar-refractivity contribution in [2.45, 2.75) is 64.0 Å². The highest BCUT2D eigenvalue weighted by atomic mass is 16.5. The van der Waals surface area contributed by atoms with E-state index in [1.807, 2.05) is 0 Å². The van der Waals surface area contributed by atoms with Gasteiger partial charge in [0.15, 0.2) is 0 Å². The van der Waals surface area contributed by atoms with Gasteiger partial charge in [-0.15, -0.1) is 0 Å². The van der Waals surface area contributed by atoms with Crippen LogP contribution in [0.25, 0.3) is 0 Å². The van der Waals surface area contributed by atoms with Crippen LogP contribution in [-0.2, 0) is 9.53 Å². The average molecular weight is 268 g/mol. The predicted molar refractivity (Wildman–Crippen MR) is 75.8 cm³/mol. The fourth-order valence-electron chi connectivity index (χ4n) is 3.49. The molecule has 1 aliphatic heterocycles. The fourth-order valence-corrected chi connectivity index (χ4v) is 3.49. The molecule has 4 heteroatoms. The minimum absolute atomic E-state index is 0.309. The largest absolute Gasteiger partial charge is 0.374 e. The Hall–Kier alpha value is -0.610. The Bertz CT molecular complexity index is 296. The Kier molecular flexibility index (Phi) is 5.64. The summed E-state index contributed by atoms with van der Waals surface area (Å²) >= 11 is 0. The number of ether oxygens (including phenoxy) is 1. The minimum atomic E-state index is 0.309. The number of fused-ring (bicyclic) bond motifs is 1. The van der Waals surface area contributed by atoms with Gasteiger partial charge in [0.1, 0.15) is 0 Å². The molecule has 1 amide bonds. The normalized spacial score (nSPS) is 28.2. The molecule has 1 saturated heterocycles. The molecule has 0 aromatic heterocycles. The molecule has 2 fully saturated rings. The zero-order valence-electron chi connectivity index (χ0n) is 12.1. The van der Waals surface area contributed by atoms with Crippen molar-refractivity contribution >= 4 is 5.91 Å². The Morgan fingerprint density at radius 3 is 3.00 bits per heavy atom. The van der Waals surface area contributed by atoms with E-state index in [2.05, 4.69) is 11.8 Å². The van der Waals surface area contributed by atoms with Crippen LogP contribution in [0.15, 0.2) is 0 Å². The molecule has 0 spiro atoms. The molecule has 0 bridgehead atoms. The van der Waals surface area contributed by atoms with Gasteiger partial charge in [-0.2, -0.15) is 0 Å². The van der Waals surface area contributed by atoms with Gasteiger partial charge in [0, 0.05) is 13.0 Å². The summed E-state index contributed by atoms with van der Waals surface area (Å²) in [5.74, 6) is 0.935. The SMILES string of the molecule is CCC(CCN)CCC(=O)N1CCOC2CCCC21. The number of morpholine rings is 1. The first kappa shape index (κ1) is 14.8. The molecule has 4 nitrogen and oxygen atoms in total. The van der Waals surface area contributed by atoms with Gasteiger partial charge >= 0.3 is 0 Å². The first-order valence-corrected chi connectivity index (χ1v) is 7.87. The second kappa shape index (κ2) is 7.25. The summed E-state index contributed by atoms with van der Waals surface area (Å²) in [5, 5.41) is 0. The smallest absolute Gasteiger partial charge is 0.222 e. The lowest BCUT2D eigenvalue weighted by molar-refractivity contribution is -0.144. The van der Waals surface area contributed by atoms with E-state index >= 15 is 0 Å². The minimum Gasteiger partial charge on any atom is -0.374 e. The Balaban J connectivity index is 1.81. The monoisotopic (exact) mass is 268 g/mol. The summed E-state index contributed by atoms with van der Waals surface area (Å²) in [7, 11) is 0. The van der Waals surface area contributed by atoms with Crippen LogP contribution in [0.3, 0.4) is 0 Å². The van der Waals surface area contributed by atoms with Gasteiger partial charge in [-0.3, -0.25) is 4.79 Å². The highest BCUT2D eigenvalue weighted by Gasteiger charge is 2.38. The molecule has 110 valence electrons. The molecule has 1 aliphatic carbocycles. The lowest BCUT2D eigenvalue weighted by Crippen LogP contribution is -2.51. The molecular formula is C15H28N2O2. The zero-order chi connectivity index (χ0) is 13.7. The molecule has 19 heavy (non-hydrogen) atoms. The molecule has 0 radical (unpaired) electrons. The van der Waals surface area contributed by atoms with Crippen molar-refractivity contribution in [3.63, 3.8) is 0 Å². The molecule has 2 rings (SSSR count). The van der Waals surface area contributed by atoms with Gasteiger partial charge in [-0.25, -0.2) is 0 Å². The van der Waals surface area contributed by atoms with Crippen molar-refractivity contribution in [1.29, 1.82) is 0 Å². The van der Waals surface area contributed by atoms with E-state index < -0.39 is 0 Å². The maximum Gasteiger partial charge on any atom is 0.222 e. The average Bonchev–Trinajstić information content (AvgIpc) is 2.91. The van der Waals surface area contributed by atoms with Gasteiger partial charge < -0.3 is 15.4 Å². The maximum absolute atomic E-state index is 12.4. The van der Waals surface area contributed by atoms with Gasteiger partial charge in [-0.1, -0.05) is 13.3 Å². The van der Waals surface area contributed by atoms with Gasteiger partial charge in [-0.05, 0) is 44.6 Å². The van der Waals surface area contributed by atoms with Crippen LogP contribution in [-0.4, -0.2) is 42.6 Å². The van der Waals surface area contributed by atoms with E-state index in [9.17, 15) is 4.79 Å². The number of hydrogen-bond donors (Lipinski definition) is 1. The lowest BCUT2D eigenvalue weighted by Gasteiger charge is -2.38. The molecule has 0 aromatic carbocycles. The number of nitrogens with two attached hydrogens (primary N) is 1. The molecule has 2 aliphatic rings. The predicted octanol–water partition coefficient (Wildman–Crippen LogP) is 1.92. The van der Waals surface area contributed by atoms with Crippen molar-refractivity contribution < 1.29 is 9.53 Å². The van der Waals surface area contributed by atoms with Gasteiger partial charge in [0.25, 0.3) is 0 Å². The Morgan fingerprint density at radius 2 is 2.26 bits per heavy atom. The fraction of sp³-hybridized carbons (Fsp3) is 0.933. The van der Waals surface area contributed by atoms with Crippen LogP contribution in [0, 0.1) is 5.92 Å². The number of rotatable bonds is 6. The topological polar surface area (TPSA) is 55.6 Å². The third-order valence-electron chi connectivity index (χ3n) is 4.72. The molecule has 0 aromatic rings. The summed E-state index contributed by atoms with van der Waals surface area (Å²) in [6, 6.07) is 0.357. The summed E-state index contributed by atoms with van der Waals surface area (Å²) < 4.78 is 5.76. The second-order valence-electron chi connectivity index (χ2n) is 5.88. The lowest BCUT2D eigenvalue weighted by atomic mass is 9.96. The van der Waals surface area contributed by atoms with Crippen LogP contribution in [0.4, 0.5) is 0 Å². The maximum atomic E-state index is 12.4. The Labute approximate surface area is 116 Å². The van der Waals surface area contributed by atoms with Crippen molar-refractivity contribution in [2.75, 3.05) is 19.7 Å². The van der Waals surface area contributed by atoms with Crippen LogP contribution < -0.4 is 5.73 Å². The quantitative estimate of drug-likeness (QED) is 0.800. The number of hydrogen-bond acceptors (Lipinski definition) is 3. The number of amides is 1. The van der Waals surface area contributed by atoms with Crippen LogP contribution in [0.2, 0.25) is 0 Å². The Morgan fingerprint density at radius 1 is 1.42 bits per heavy atom. The molecule has 3 unspecified atom stereocenters. The van der Waals surface area contributed by atoms with Gasteiger partial charge in [0.2, 0.25) is 5.91 Å². The zero-order valence-corrected chi connectivity index (χ0v) is 12.1. The van der Waals surface area contributed by atoms with Crippen LogP contribution >= 0.6 is 0 Å². The van der Waals surface area contributed by atoms with Gasteiger partial charge in [0.05, 0.1) is 18.8 Å². The van der Waals surface area contributed by atoms with Crippen molar-refractivity contribution in [3.8, 4) is 0 Å². The van der Waals surface area contributed by atoms with Crippen LogP contribution in [0.5, 0.6) is 0 Å². The van der Waals surface area contributed by atoms with E-state index in [1.54, 1.807) is 0 Å². The first-order chi connectivity index (χ1) is 9.26. The van der Waals surface area contributed by atoms with E-state index in [0.717, 1.165) is 45.2 Å². The molecule has 3 atom stereocenters. The summed E-state index contributed by atoms with van der Waals surface area (Å²) in [6.45, 7) is 4.42. The molecule has 2 N–H and O–H groups in total. The third kappa shape index (κ3) is 3.69. The summed E-state index contributed by atoms with van der Waals surface area (Å²) in [6.07, 6.45) is 7.59. The highest BCUT2D eigenvalue weighted by Crippen LogP contribution is 2.30. The van der Waals surface area contributed by atoms with Crippen molar-refractivity contribution in [1.82, 2.24) is 4.90 Å². The summed E-state index contributed by atoms with van der Waals surface area (Å²) in [5.41, 5.74) is 5.61. The third-order valence-corrected chi connectivity index (χ3v) is 4.72. The second-order valence-corrected chi connectivity index (χ2v) is 5.88. The molecule has 1 saturated carbocycles. The number of nitrogens with zero attached hydrogens (tertiary/aromatic N) is 1. The van der Waals surface area contributed by atoms with Crippen LogP contribution in [0.1, 0.15) is 51.9 Å². The molecule has 1 heterocycles.